The highest BCUT2D eigenvalue weighted by atomic mass is 32.1. The number of nitrogens with zero attached hydrogens (tertiary/aromatic N) is 2. The van der Waals surface area contributed by atoms with E-state index in [1.807, 2.05) is 60.7 Å². The van der Waals surface area contributed by atoms with Gasteiger partial charge in [-0.3, -0.25) is 0 Å². The van der Waals surface area contributed by atoms with Gasteiger partial charge in [-0.25, -0.2) is 9.77 Å². The summed E-state index contributed by atoms with van der Waals surface area (Å²) in [4.78, 5) is 0. The third kappa shape index (κ3) is 4.78. The van der Waals surface area contributed by atoms with Crippen LogP contribution >= 0.6 is 12.2 Å². The van der Waals surface area contributed by atoms with Crippen LogP contribution in [0.5, 0.6) is 11.5 Å². The van der Waals surface area contributed by atoms with Crippen LogP contribution < -0.4 is 14.9 Å². The van der Waals surface area contributed by atoms with Crippen LogP contribution in [0.2, 0.25) is 0 Å². The number of H-pyrrole nitrogens is 1. The van der Waals surface area contributed by atoms with Gasteiger partial charge in [0.2, 0.25) is 4.77 Å². The lowest BCUT2D eigenvalue weighted by molar-refractivity contribution is 0.305. The summed E-state index contributed by atoms with van der Waals surface area (Å²) in [5.41, 5.74) is 7.70. The first kappa shape index (κ1) is 20.7. The summed E-state index contributed by atoms with van der Waals surface area (Å²) in [7, 11) is 1.64. The standard InChI is InChI=1S/C24H24N4O2S/c1-17-7-3-4-8-19(17)16-30-20-13-11-18(12-14-20)15-25-28-23(26-27-24(28)31)21-9-5-6-10-22(21)29-2/h3-14,25H,15-16H2,1-2H3,(H,27,31). The molecule has 0 fully saturated rings. The van der Waals surface area contributed by atoms with Gasteiger partial charge in [-0.15, -0.1) is 0 Å². The molecule has 3 aromatic carbocycles. The molecule has 0 saturated heterocycles. The van der Waals surface area contributed by atoms with E-state index >= 15 is 0 Å². The maximum Gasteiger partial charge on any atom is 0.214 e. The van der Waals surface area contributed by atoms with E-state index in [0.717, 1.165) is 22.6 Å². The highest BCUT2D eigenvalue weighted by Gasteiger charge is 2.13. The minimum atomic E-state index is 0.485. The van der Waals surface area contributed by atoms with Crippen molar-refractivity contribution in [2.75, 3.05) is 12.5 Å². The Kier molecular flexibility index (Phi) is 6.33. The van der Waals surface area contributed by atoms with E-state index in [2.05, 4.69) is 34.7 Å². The Hall–Kier alpha value is -3.58. The van der Waals surface area contributed by atoms with Crippen LogP contribution in [0.15, 0.2) is 72.8 Å². The van der Waals surface area contributed by atoms with Crippen LogP contribution in [0.3, 0.4) is 0 Å². The molecule has 4 aromatic rings. The van der Waals surface area contributed by atoms with E-state index in [1.165, 1.54) is 11.1 Å². The topological polar surface area (TPSA) is 64.1 Å². The molecule has 1 aromatic heterocycles. The minimum absolute atomic E-state index is 0.485. The second-order valence-electron chi connectivity index (χ2n) is 7.08. The zero-order valence-corrected chi connectivity index (χ0v) is 18.3. The molecule has 0 aliphatic rings. The first-order chi connectivity index (χ1) is 15.2. The van der Waals surface area contributed by atoms with Crippen LogP contribution in [-0.2, 0) is 13.2 Å². The molecule has 0 aliphatic carbocycles. The maximum atomic E-state index is 5.93. The Balaban J connectivity index is 1.43. The second kappa shape index (κ2) is 9.49. The van der Waals surface area contributed by atoms with E-state index in [1.54, 1.807) is 11.8 Å². The first-order valence-corrected chi connectivity index (χ1v) is 10.4. The van der Waals surface area contributed by atoms with Crippen molar-refractivity contribution in [3.63, 3.8) is 0 Å². The number of methoxy groups -OCH3 is 1. The molecule has 6 nitrogen and oxygen atoms in total. The maximum absolute atomic E-state index is 5.93. The van der Waals surface area contributed by atoms with Gasteiger partial charge in [0.25, 0.3) is 0 Å². The number of ether oxygens (including phenoxy) is 2. The molecule has 0 atom stereocenters. The van der Waals surface area contributed by atoms with Crippen molar-refractivity contribution in [3.05, 3.63) is 94.3 Å². The molecule has 0 aliphatic heterocycles. The van der Waals surface area contributed by atoms with E-state index in [9.17, 15) is 0 Å². The van der Waals surface area contributed by atoms with Crippen molar-refractivity contribution >= 4 is 12.2 Å². The van der Waals surface area contributed by atoms with Crippen molar-refractivity contribution in [1.82, 2.24) is 14.9 Å². The lowest BCUT2D eigenvalue weighted by atomic mass is 10.1. The number of hydrogen-bond donors (Lipinski definition) is 2. The van der Waals surface area contributed by atoms with Crippen molar-refractivity contribution in [1.29, 1.82) is 0 Å². The molecule has 4 rings (SSSR count). The Morgan fingerprint density at radius 2 is 1.74 bits per heavy atom. The van der Waals surface area contributed by atoms with Gasteiger partial charge >= 0.3 is 0 Å². The molecule has 1 heterocycles. The molecule has 0 bridgehead atoms. The fraction of sp³-hybridized carbons (Fsp3) is 0.167. The summed E-state index contributed by atoms with van der Waals surface area (Å²) in [5.74, 6) is 2.23. The van der Waals surface area contributed by atoms with Crippen LogP contribution in [0.1, 0.15) is 16.7 Å². The quantitative estimate of drug-likeness (QED) is 0.373. The zero-order valence-electron chi connectivity index (χ0n) is 17.5. The normalized spacial score (nSPS) is 10.6. The Labute approximate surface area is 186 Å². The molecule has 0 amide bonds. The van der Waals surface area contributed by atoms with Crippen molar-refractivity contribution in [2.45, 2.75) is 20.1 Å². The fourth-order valence-corrected chi connectivity index (χ4v) is 3.46. The SMILES string of the molecule is COc1ccccc1-c1n[nH]c(=S)n1NCc1ccc(OCc2ccccc2C)cc1. The van der Waals surface area contributed by atoms with Gasteiger partial charge < -0.3 is 14.9 Å². The lowest BCUT2D eigenvalue weighted by Gasteiger charge is -2.13. The molecule has 0 spiro atoms. The summed E-state index contributed by atoms with van der Waals surface area (Å²) in [5, 5.41) is 7.21. The second-order valence-corrected chi connectivity index (χ2v) is 7.47. The molecular formula is C24H24N4O2S. The molecular weight excluding hydrogens is 408 g/mol. The smallest absolute Gasteiger partial charge is 0.214 e. The zero-order chi connectivity index (χ0) is 21.6. The predicted molar refractivity (Wildman–Crippen MR) is 124 cm³/mol. The highest BCUT2D eigenvalue weighted by Crippen LogP contribution is 2.27. The van der Waals surface area contributed by atoms with Gasteiger partial charge in [0.1, 0.15) is 18.1 Å². The van der Waals surface area contributed by atoms with Crippen molar-refractivity contribution < 1.29 is 9.47 Å². The summed E-state index contributed by atoms with van der Waals surface area (Å²) >= 11 is 5.40. The Morgan fingerprint density at radius 3 is 2.52 bits per heavy atom. The molecule has 7 heteroatoms. The fourth-order valence-electron chi connectivity index (χ4n) is 3.26. The molecule has 158 valence electrons. The lowest BCUT2D eigenvalue weighted by Crippen LogP contribution is -2.16. The molecule has 31 heavy (non-hydrogen) atoms. The van der Waals surface area contributed by atoms with Gasteiger partial charge in [-0.05, 0) is 60.1 Å². The number of aryl methyl sites for hydroxylation is 1. The van der Waals surface area contributed by atoms with Crippen LogP contribution in [0.25, 0.3) is 11.4 Å². The van der Waals surface area contributed by atoms with Gasteiger partial charge in [-0.1, -0.05) is 48.5 Å². The number of nitrogens with one attached hydrogen (secondary N) is 2. The van der Waals surface area contributed by atoms with Gasteiger partial charge in [0.05, 0.1) is 19.2 Å². The monoisotopic (exact) mass is 432 g/mol. The number of para-hydroxylation sites is 1. The third-order valence-corrected chi connectivity index (χ3v) is 5.31. The molecule has 0 unspecified atom stereocenters. The number of benzene rings is 3. The van der Waals surface area contributed by atoms with Crippen molar-refractivity contribution in [3.8, 4) is 22.9 Å². The summed E-state index contributed by atoms with van der Waals surface area (Å²) in [6, 6.07) is 24.0. The van der Waals surface area contributed by atoms with E-state index in [0.29, 0.717) is 23.7 Å². The Morgan fingerprint density at radius 1 is 1.00 bits per heavy atom. The Bertz CT molecular complexity index is 1210. The van der Waals surface area contributed by atoms with E-state index < -0.39 is 0 Å². The summed E-state index contributed by atoms with van der Waals surface area (Å²) in [6.07, 6.45) is 0. The number of aromatic amines is 1. The third-order valence-electron chi connectivity index (χ3n) is 5.04. The van der Waals surface area contributed by atoms with Crippen molar-refractivity contribution in [2.24, 2.45) is 0 Å². The average Bonchev–Trinajstić information content (AvgIpc) is 3.18. The molecule has 2 N–H and O–H groups in total. The number of hydrogen-bond acceptors (Lipinski definition) is 5. The van der Waals surface area contributed by atoms with Crippen LogP contribution in [0.4, 0.5) is 0 Å². The minimum Gasteiger partial charge on any atom is -0.496 e. The van der Waals surface area contributed by atoms with E-state index in [4.69, 9.17) is 21.7 Å². The summed E-state index contributed by atoms with van der Waals surface area (Å²) in [6.45, 7) is 3.22. The summed E-state index contributed by atoms with van der Waals surface area (Å²) < 4.78 is 13.6. The predicted octanol–water partition coefficient (Wildman–Crippen LogP) is 5.25. The van der Waals surface area contributed by atoms with Crippen LogP contribution in [-0.4, -0.2) is 22.0 Å². The van der Waals surface area contributed by atoms with Gasteiger partial charge in [0.15, 0.2) is 5.82 Å². The average molecular weight is 433 g/mol. The van der Waals surface area contributed by atoms with E-state index in [-0.39, 0.29) is 0 Å². The van der Waals surface area contributed by atoms with Gasteiger partial charge in [0, 0.05) is 0 Å². The largest absolute Gasteiger partial charge is 0.496 e. The number of aromatic nitrogens is 3. The molecule has 0 saturated carbocycles. The van der Waals surface area contributed by atoms with Gasteiger partial charge in [-0.2, -0.15) is 5.10 Å². The highest BCUT2D eigenvalue weighted by molar-refractivity contribution is 7.71. The first-order valence-electron chi connectivity index (χ1n) is 9.96. The number of rotatable bonds is 8. The molecule has 0 radical (unpaired) electrons. The van der Waals surface area contributed by atoms with Crippen LogP contribution in [0, 0.1) is 11.7 Å².